The molecule has 0 fully saturated rings. The Morgan fingerprint density at radius 2 is 2.42 bits per heavy atom. The van der Waals surface area contributed by atoms with Crippen LogP contribution in [0.25, 0.3) is 6.08 Å². The average molecular weight is 160 g/mol. The molecule has 1 N–H and O–H groups in total. The van der Waals surface area contributed by atoms with Crippen LogP contribution < -0.4 is 0 Å². The summed E-state index contributed by atoms with van der Waals surface area (Å²) in [7, 11) is 0. The summed E-state index contributed by atoms with van der Waals surface area (Å²) in [6.45, 7) is 0. The van der Waals surface area contributed by atoms with E-state index in [4.69, 9.17) is 5.21 Å². The van der Waals surface area contributed by atoms with Crippen molar-refractivity contribution < 1.29 is 5.21 Å². The fourth-order valence-electron chi connectivity index (χ4n) is 1.28. The molecule has 1 aliphatic carbocycles. The monoisotopic (exact) mass is 160 g/mol. The van der Waals surface area contributed by atoms with Gasteiger partial charge in [-0.25, -0.2) is 0 Å². The molecule has 0 aromatic carbocycles. The Labute approximate surface area is 70.1 Å². The molecular weight excluding hydrogens is 152 g/mol. The Kier molecular flexibility index (Phi) is 1.63. The SMILES string of the molecule is ON=C1CC=Cc2ncccc21. The number of hydrogen-bond donors (Lipinski definition) is 1. The lowest BCUT2D eigenvalue weighted by atomic mass is 10.0. The van der Waals surface area contributed by atoms with Gasteiger partial charge in [-0.1, -0.05) is 11.2 Å². The molecule has 1 aromatic heterocycles. The highest BCUT2D eigenvalue weighted by atomic mass is 16.4. The van der Waals surface area contributed by atoms with Crippen molar-refractivity contribution in [3.05, 3.63) is 35.7 Å². The summed E-state index contributed by atoms with van der Waals surface area (Å²) in [4.78, 5) is 4.14. The maximum absolute atomic E-state index is 8.66. The molecule has 0 amide bonds. The lowest BCUT2D eigenvalue weighted by molar-refractivity contribution is 0.318. The second-order valence-corrected chi connectivity index (χ2v) is 2.59. The number of aromatic nitrogens is 1. The van der Waals surface area contributed by atoms with Crippen LogP contribution in [0.1, 0.15) is 17.7 Å². The molecule has 1 heterocycles. The third kappa shape index (κ3) is 0.993. The van der Waals surface area contributed by atoms with Crippen LogP contribution in [0.4, 0.5) is 0 Å². The minimum absolute atomic E-state index is 0.676. The van der Waals surface area contributed by atoms with Crippen LogP contribution in [0.5, 0.6) is 0 Å². The van der Waals surface area contributed by atoms with Gasteiger partial charge in [-0.15, -0.1) is 0 Å². The predicted molar refractivity (Wildman–Crippen MR) is 46.2 cm³/mol. The molecule has 1 aliphatic rings. The Morgan fingerprint density at radius 1 is 1.50 bits per heavy atom. The van der Waals surface area contributed by atoms with Crippen molar-refractivity contribution in [1.29, 1.82) is 0 Å². The zero-order chi connectivity index (χ0) is 8.39. The first-order valence-electron chi connectivity index (χ1n) is 3.74. The van der Waals surface area contributed by atoms with Gasteiger partial charge in [-0.3, -0.25) is 4.98 Å². The van der Waals surface area contributed by atoms with Gasteiger partial charge in [0.2, 0.25) is 0 Å². The lowest BCUT2D eigenvalue weighted by Crippen LogP contribution is -2.06. The van der Waals surface area contributed by atoms with E-state index < -0.39 is 0 Å². The van der Waals surface area contributed by atoms with Gasteiger partial charge in [0.25, 0.3) is 0 Å². The molecule has 3 nitrogen and oxygen atoms in total. The molecule has 0 aliphatic heterocycles. The van der Waals surface area contributed by atoms with E-state index in [1.165, 1.54) is 0 Å². The normalized spacial score (nSPS) is 17.8. The highest BCUT2D eigenvalue weighted by Gasteiger charge is 2.11. The Morgan fingerprint density at radius 3 is 3.25 bits per heavy atom. The first kappa shape index (κ1) is 7.03. The standard InChI is InChI=1S/C9H8N2O/c12-11-9-5-1-4-8-7(9)3-2-6-10-8/h1-4,6,12H,5H2. The molecule has 2 rings (SSSR count). The molecule has 12 heavy (non-hydrogen) atoms. The van der Waals surface area contributed by atoms with Crippen molar-refractivity contribution in [3.63, 3.8) is 0 Å². The quantitative estimate of drug-likeness (QED) is 0.463. The number of fused-ring (bicyclic) bond motifs is 1. The zero-order valence-electron chi connectivity index (χ0n) is 6.44. The van der Waals surface area contributed by atoms with Gasteiger partial charge in [0.05, 0.1) is 11.4 Å². The van der Waals surface area contributed by atoms with E-state index in [0.29, 0.717) is 12.1 Å². The van der Waals surface area contributed by atoms with Crippen LogP contribution in [0.15, 0.2) is 29.6 Å². The molecule has 0 unspecified atom stereocenters. The third-order valence-electron chi connectivity index (χ3n) is 1.86. The predicted octanol–water partition coefficient (Wildman–Crippen LogP) is 1.68. The van der Waals surface area contributed by atoms with Crippen LogP contribution in [0.3, 0.4) is 0 Å². The molecule has 0 radical (unpaired) electrons. The van der Waals surface area contributed by atoms with E-state index in [1.54, 1.807) is 6.20 Å². The number of rotatable bonds is 0. The summed E-state index contributed by atoms with van der Waals surface area (Å²) in [6.07, 6.45) is 6.27. The van der Waals surface area contributed by atoms with Crippen molar-refractivity contribution >= 4 is 11.8 Å². The van der Waals surface area contributed by atoms with Gasteiger partial charge in [0, 0.05) is 18.2 Å². The Bertz CT molecular complexity index is 355. The van der Waals surface area contributed by atoms with E-state index >= 15 is 0 Å². The summed E-state index contributed by atoms with van der Waals surface area (Å²) in [5, 5.41) is 11.9. The van der Waals surface area contributed by atoms with E-state index in [-0.39, 0.29) is 0 Å². The zero-order valence-corrected chi connectivity index (χ0v) is 6.44. The number of nitrogens with zero attached hydrogens (tertiary/aromatic N) is 2. The molecule has 0 saturated carbocycles. The summed E-state index contributed by atoms with van der Waals surface area (Å²) in [5.74, 6) is 0. The van der Waals surface area contributed by atoms with E-state index in [0.717, 1.165) is 11.3 Å². The maximum Gasteiger partial charge on any atom is 0.0927 e. The molecule has 0 bridgehead atoms. The molecule has 3 heteroatoms. The van der Waals surface area contributed by atoms with Crippen molar-refractivity contribution in [2.45, 2.75) is 6.42 Å². The van der Waals surface area contributed by atoms with Crippen LogP contribution in [0, 0.1) is 0 Å². The van der Waals surface area contributed by atoms with Crippen molar-refractivity contribution in [2.75, 3.05) is 0 Å². The number of oxime groups is 1. The highest BCUT2D eigenvalue weighted by Crippen LogP contribution is 2.16. The first-order chi connectivity index (χ1) is 5.92. The van der Waals surface area contributed by atoms with E-state index in [1.807, 2.05) is 24.3 Å². The molecule has 0 atom stereocenters. The van der Waals surface area contributed by atoms with Crippen LogP contribution in [-0.2, 0) is 0 Å². The van der Waals surface area contributed by atoms with Crippen LogP contribution >= 0.6 is 0 Å². The molecule has 0 saturated heterocycles. The van der Waals surface area contributed by atoms with E-state index in [9.17, 15) is 0 Å². The largest absolute Gasteiger partial charge is 0.411 e. The first-order valence-corrected chi connectivity index (χ1v) is 3.74. The van der Waals surface area contributed by atoms with Gasteiger partial charge in [-0.2, -0.15) is 0 Å². The van der Waals surface area contributed by atoms with Crippen LogP contribution in [-0.4, -0.2) is 15.9 Å². The average Bonchev–Trinajstić information content (AvgIpc) is 2.17. The fourth-order valence-corrected chi connectivity index (χ4v) is 1.28. The summed E-state index contributed by atoms with van der Waals surface area (Å²) in [5.41, 5.74) is 2.47. The number of pyridine rings is 1. The van der Waals surface area contributed by atoms with Gasteiger partial charge in [0.1, 0.15) is 0 Å². The second-order valence-electron chi connectivity index (χ2n) is 2.59. The fraction of sp³-hybridized carbons (Fsp3) is 0.111. The molecule has 60 valence electrons. The van der Waals surface area contributed by atoms with E-state index in [2.05, 4.69) is 10.1 Å². The topological polar surface area (TPSA) is 45.5 Å². The van der Waals surface area contributed by atoms with Crippen molar-refractivity contribution in [3.8, 4) is 0 Å². The summed E-state index contributed by atoms with van der Waals surface area (Å²) >= 11 is 0. The summed E-state index contributed by atoms with van der Waals surface area (Å²) in [6, 6.07) is 3.74. The number of hydrogen-bond acceptors (Lipinski definition) is 3. The molecular formula is C9H8N2O. The molecule has 1 aromatic rings. The molecule has 0 spiro atoms. The number of allylic oxidation sites excluding steroid dienone is 1. The van der Waals surface area contributed by atoms with Crippen molar-refractivity contribution in [2.24, 2.45) is 5.16 Å². The second kappa shape index (κ2) is 2.77. The minimum Gasteiger partial charge on any atom is -0.411 e. The lowest BCUT2D eigenvalue weighted by Gasteiger charge is -2.09. The van der Waals surface area contributed by atoms with Crippen molar-refractivity contribution in [1.82, 2.24) is 4.98 Å². The maximum atomic E-state index is 8.66. The summed E-state index contributed by atoms with van der Waals surface area (Å²) < 4.78 is 0. The van der Waals surface area contributed by atoms with Crippen LogP contribution in [0.2, 0.25) is 0 Å². The van der Waals surface area contributed by atoms with Gasteiger partial charge in [0.15, 0.2) is 0 Å². The Hall–Kier alpha value is -1.64. The third-order valence-corrected chi connectivity index (χ3v) is 1.86. The minimum atomic E-state index is 0.676. The highest BCUT2D eigenvalue weighted by molar-refractivity contribution is 6.05. The smallest absolute Gasteiger partial charge is 0.0927 e. The Balaban J connectivity index is 2.60. The van der Waals surface area contributed by atoms with Gasteiger partial charge >= 0.3 is 0 Å². The van der Waals surface area contributed by atoms with Gasteiger partial charge < -0.3 is 5.21 Å². The van der Waals surface area contributed by atoms with Gasteiger partial charge in [-0.05, 0) is 18.2 Å².